The van der Waals surface area contributed by atoms with Crippen molar-refractivity contribution in [2.24, 2.45) is 5.73 Å². The van der Waals surface area contributed by atoms with Crippen molar-refractivity contribution in [2.45, 2.75) is 32.7 Å². The molecule has 0 bridgehead atoms. The lowest BCUT2D eigenvalue weighted by atomic mass is 10.1. The number of hydrogen-bond acceptors (Lipinski definition) is 4. The molecule has 0 aliphatic heterocycles. The number of aryl methyl sites for hydroxylation is 1. The van der Waals surface area contributed by atoms with E-state index in [0.29, 0.717) is 23.2 Å². The SMILES string of the molecule is CCC(N)Cc1noc(-c2ccc(C)c(Cl)c2)n1. The van der Waals surface area contributed by atoms with Gasteiger partial charge in [0.25, 0.3) is 5.89 Å². The maximum absolute atomic E-state index is 6.07. The highest BCUT2D eigenvalue weighted by Crippen LogP contribution is 2.24. The topological polar surface area (TPSA) is 64.9 Å². The van der Waals surface area contributed by atoms with Crippen LogP contribution in [0.4, 0.5) is 0 Å². The summed E-state index contributed by atoms with van der Waals surface area (Å²) in [6, 6.07) is 5.74. The molecule has 1 unspecified atom stereocenters. The third kappa shape index (κ3) is 2.89. The van der Waals surface area contributed by atoms with Gasteiger partial charge in [0, 0.05) is 23.0 Å². The molecule has 0 radical (unpaired) electrons. The lowest BCUT2D eigenvalue weighted by Crippen LogP contribution is -2.21. The van der Waals surface area contributed by atoms with Gasteiger partial charge in [-0.2, -0.15) is 4.98 Å². The Kier molecular flexibility index (Phi) is 3.99. The van der Waals surface area contributed by atoms with Crippen molar-refractivity contribution < 1.29 is 4.52 Å². The first kappa shape index (κ1) is 13.1. The molecule has 0 spiro atoms. The Morgan fingerprint density at radius 3 is 2.89 bits per heavy atom. The monoisotopic (exact) mass is 265 g/mol. The van der Waals surface area contributed by atoms with Crippen molar-refractivity contribution in [1.82, 2.24) is 10.1 Å². The van der Waals surface area contributed by atoms with Crippen molar-refractivity contribution >= 4 is 11.6 Å². The Bertz CT molecular complexity index is 539. The highest BCUT2D eigenvalue weighted by molar-refractivity contribution is 6.31. The number of benzene rings is 1. The van der Waals surface area contributed by atoms with Crippen molar-refractivity contribution in [3.8, 4) is 11.5 Å². The number of hydrogen-bond donors (Lipinski definition) is 1. The molecular formula is C13H16ClN3O. The van der Waals surface area contributed by atoms with Gasteiger partial charge < -0.3 is 10.3 Å². The molecule has 4 nitrogen and oxygen atoms in total. The van der Waals surface area contributed by atoms with E-state index in [9.17, 15) is 0 Å². The molecule has 96 valence electrons. The molecule has 2 rings (SSSR count). The minimum Gasteiger partial charge on any atom is -0.334 e. The van der Waals surface area contributed by atoms with Crippen molar-refractivity contribution in [3.63, 3.8) is 0 Å². The molecule has 0 aliphatic carbocycles. The van der Waals surface area contributed by atoms with Gasteiger partial charge in [-0.25, -0.2) is 0 Å². The third-order valence-corrected chi connectivity index (χ3v) is 3.26. The Morgan fingerprint density at radius 2 is 2.22 bits per heavy atom. The third-order valence-electron chi connectivity index (χ3n) is 2.86. The van der Waals surface area contributed by atoms with Crippen LogP contribution in [0, 0.1) is 6.92 Å². The summed E-state index contributed by atoms with van der Waals surface area (Å²) in [4.78, 5) is 4.32. The van der Waals surface area contributed by atoms with E-state index in [0.717, 1.165) is 17.5 Å². The molecule has 1 heterocycles. The second-order valence-electron chi connectivity index (χ2n) is 4.35. The van der Waals surface area contributed by atoms with Gasteiger partial charge >= 0.3 is 0 Å². The summed E-state index contributed by atoms with van der Waals surface area (Å²) in [5.74, 6) is 1.12. The molecule has 5 heteroatoms. The molecule has 0 fully saturated rings. The summed E-state index contributed by atoms with van der Waals surface area (Å²) in [6.45, 7) is 3.98. The largest absolute Gasteiger partial charge is 0.334 e. The number of rotatable bonds is 4. The molecule has 1 aromatic carbocycles. The van der Waals surface area contributed by atoms with Crippen LogP contribution in [0.5, 0.6) is 0 Å². The smallest absolute Gasteiger partial charge is 0.257 e. The van der Waals surface area contributed by atoms with Gasteiger partial charge in [-0.05, 0) is 31.0 Å². The van der Waals surface area contributed by atoms with E-state index in [1.165, 1.54) is 0 Å². The van der Waals surface area contributed by atoms with Gasteiger partial charge in [0.2, 0.25) is 0 Å². The molecule has 2 aromatic rings. The van der Waals surface area contributed by atoms with Crippen molar-refractivity contribution in [1.29, 1.82) is 0 Å². The van der Waals surface area contributed by atoms with E-state index in [1.54, 1.807) is 0 Å². The van der Waals surface area contributed by atoms with Gasteiger partial charge in [-0.1, -0.05) is 29.7 Å². The van der Waals surface area contributed by atoms with Crippen LogP contribution in [0.3, 0.4) is 0 Å². The predicted molar refractivity (Wildman–Crippen MR) is 71.5 cm³/mol. The summed E-state index contributed by atoms with van der Waals surface area (Å²) >= 11 is 6.07. The van der Waals surface area contributed by atoms with Crippen LogP contribution in [0.15, 0.2) is 22.7 Å². The minimum atomic E-state index is 0.0667. The Balaban J connectivity index is 2.21. The normalized spacial score (nSPS) is 12.7. The lowest BCUT2D eigenvalue weighted by Gasteiger charge is -2.02. The maximum atomic E-state index is 6.07. The standard InChI is InChI=1S/C13H16ClN3O/c1-3-10(15)7-12-16-13(18-17-12)9-5-4-8(2)11(14)6-9/h4-6,10H,3,7,15H2,1-2H3. The summed E-state index contributed by atoms with van der Waals surface area (Å²) in [5.41, 5.74) is 7.70. The lowest BCUT2D eigenvalue weighted by molar-refractivity contribution is 0.419. The Morgan fingerprint density at radius 1 is 1.44 bits per heavy atom. The average molecular weight is 266 g/mol. The summed E-state index contributed by atoms with van der Waals surface area (Å²) in [5, 5.41) is 4.62. The highest BCUT2D eigenvalue weighted by Gasteiger charge is 2.12. The number of nitrogens with two attached hydrogens (primary N) is 1. The first-order valence-electron chi connectivity index (χ1n) is 5.95. The van der Waals surface area contributed by atoms with Crippen LogP contribution in [0.1, 0.15) is 24.7 Å². The molecule has 2 N–H and O–H groups in total. The highest BCUT2D eigenvalue weighted by atomic mass is 35.5. The number of halogens is 1. The van der Waals surface area contributed by atoms with E-state index in [2.05, 4.69) is 10.1 Å². The maximum Gasteiger partial charge on any atom is 0.257 e. The molecule has 0 amide bonds. The summed E-state index contributed by atoms with van der Waals surface area (Å²) in [7, 11) is 0. The van der Waals surface area contributed by atoms with Crippen LogP contribution >= 0.6 is 11.6 Å². The number of nitrogens with zero attached hydrogens (tertiary/aromatic N) is 2. The molecule has 0 saturated heterocycles. The zero-order chi connectivity index (χ0) is 13.1. The van der Waals surface area contributed by atoms with Crippen molar-refractivity contribution in [2.75, 3.05) is 0 Å². The van der Waals surface area contributed by atoms with Crippen LogP contribution in [0.25, 0.3) is 11.5 Å². The first-order chi connectivity index (χ1) is 8.60. The van der Waals surface area contributed by atoms with Crippen LogP contribution < -0.4 is 5.73 Å². The molecule has 0 saturated carbocycles. The number of aromatic nitrogens is 2. The van der Waals surface area contributed by atoms with E-state index >= 15 is 0 Å². The quantitative estimate of drug-likeness (QED) is 0.923. The average Bonchev–Trinajstić information content (AvgIpc) is 2.81. The van der Waals surface area contributed by atoms with Crippen LogP contribution in [-0.4, -0.2) is 16.2 Å². The van der Waals surface area contributed by atoms with Gasteiger partial charge in [0.1, 0.15) is 0 Å². The minimum absolute atomic E-state index is 0.0667. The van der Waals surface area contributed by atoms with Gasteiger partial charge in [-0.3, -0.25) is 0 Å². The fraction of sp³-hybridized carbons (Fsp3) is 0.385. The Labute approximate surface area is 111 Å². The van der Waals surface area contributed by atoms with Crippen molar-refractivity contribution in [3.05, 3.63) is 34.6 Å². The molecular weight excluding hydrogens is 250 g/mol. The fourth-order valence-corrected chi connectivity index (χ4v) is 1.74. The predicted octanol–water partition coefficient (Wildman–Crippen LogP) is 2.98. The second-order valence-corrected chi connectivity index (χ2v) is 4.76. The summed E-state index contributed by atoms with van der Waals surface area (Å²) in [6.07, 6.45) is 1.51. The Hall–Kier alpha value is -1.39. The van der Waals surface area contributed by atoms with Crippen LogP contribution in [-0.2, 0) is 6.42 Å². The molecule has 1 aromatic heterocycles. The zero-order valence-electron chi connectivity index (χ0n) is 10.5. The van der Waals surface area contributed by atoms with Gasteiger partial charge in [0.15, 0.2) is 5.82 Å². The molecule has 1 atom stereocenters. The van der Waals surface area contributed by atoms with Crippen LogP contribution in [0.2, 0.25) is 5.02 Å². The van der Waals surface area contributed by atoms with E-state index in [4.69, 9.17) is 21.9 Å². The fourth-order valence-electron chi connectivity index (χ4n) is 1.56. The molecule has 0 aliphatic rings. The first-order valence-corrected chi connectivity index (χ1v) is 6.32. The van der Waals surface area contributed by atoms with Gasteiger partial charge in [-0.15, -0.1) is 0 Å². The molecule has 18 heavy (non-hydrogen) atoms. The van der Waals surface area contributed by atoms with E-state index in [1.807, 2.05) is 32.0 Å². The van der Waals surface area contributed by atoms with E-state index in [-0.39, 0.29) is 6.04 Å². The second kappa shape index (κ2) is 5.50. The summed E-state index contributed by atoms with van der Waals surface area (Å²) < 4.78 is 5.22. The zero-order valence-corrected chi connectivity index (χ0v) is 11.2. The van der Waals surface area contributed by atoms with E-state index < -0.39 is 0 Å². The van der Waals surface area contributed by atoms with Gasteiger partial charge in [0.05, 0.1) is 0 Å².